The fraction of sp³-hybridized carbons (Fsp3) is 0.636. The van der Waals surface area contributed by atoms with Gasteiger partial charge in [-0.25, -0.2) is 15.1 Å². The molecule has 0 radical (unpaired) electrons. The lowest BCUT2D eigenvalue weighted by molar-refractivity contribution is -0.607. The summed E-state index contributed by atoms with van der Waals surface area (Å²) in [4.78, 5) is 11.5. The van der Waals surface area contributed by atoms with Crippen LogP contribution in [0.5, 0.6) is 0 Å². The second-order valence-electron chi connectivity index (χ2n) is 4.55. The first-order valence-corrected chi connectivity index (χ1v) is 5.96. The molecule has 0 aromatic carbocycles. The summed E-state index contributed by atoms with van der Waals surface area (Å²) < 4.78 is 2.52. The van der Waals surface area contributed by atoms with Gasteiger partial charge in [-0.3, -0.25) is 10.2 Å². The van der Waals surface area contributed by atoms with Crippen molar-refractivity contribution in [1.82, 2.24) is 9.99 Å². The molecule has 94 valence electrons. The predicted molar refractivity (Wildman–Crippen MR) is 61.9 cm³/mol. The van der Waals surface area contributed by atoms with Crippen molar-refractivity contribution in [2.24, 2.45) is 5.84 Å². The number of imidazole rings is 1. The van der Waals surface area contributed by atoms with E-state index in [-0.39, 0.29) is 5.69 Å². The Labute approximate surface area is 100.0 Å². The van der Waals surface area contributed by atoms with Gasteiger partial charge in [0.05, 0.1) is 0 Å². The quantitative estimate of drug-likeness (QED) is 0.259. The summed E-state index contributed by atoms with van der Waals surface area (Å²) in [6.07, 6.45) is 7.21. The summed E-state index contributed by atoms with van der Waals surface area (Å²) in [5.74, 6) is 4.53. The molecule has 1 aliphatic rings. The van der Waals surface area contributed by atoms with Crippen molar-refractivity contribution < 1.29 is 9.52 Å². The Kier molecular flexibility index (Phi) is 3.33. The van der Waals surface area contributed by atoms with Crippen molar-refractivity contribution >= 4 is 5.91 Å². The van der Waals surface area contributed by atoms with E-state index in [9.17, 15) is 10.0 Å². The van der Waals surface area contributed by atoms with Gasteiger partial charge < -0.3 is 5.21 Å². The van der Waals surface area contributed by atoms with Crippen LogP contribution in [0.15, 0.2) is 6.33 Å². The number of hydrogen-bond acceptors (Lipinski definition) is 3. The minimum Gasteiger partial charge on any atom is -0.710 e. The molecule has 0 spiro atoms. The van der Waals surface area contributed by atoms with Crippen LogP contribution >= 0.6 is 0 Å². The largest absolute Gasteiger partial charge is 0.710 e. The Balaban J connectivity index is 2.32. The zero-order chi connectivity index (χ0) is 12.4. The Morgan fingerprint density at radius 2 is 2.18 bits per heavy atom. The lowest BCUT2D eigenvalue weighted by Crippen LogP contribution is -2.40. The first kappa shape index (κ1) is 11.9. The molecule has 1 aromatic rings. The first-order valence-electron chi connectivity index (χ1n) is 5.96. The molecule has 17 heavy (non-hydrogen) atoms. The number of nitrogens with zero attached hydrogens (tertiary/aromatic N) is 2. The van der Waals surface area contributed by atoms with Gasteiger partial charge in [0.15, 0.2) is 5.69 Å². The zero-order valence-corrected chi connectivity index (χ0v) is 9.98. The van der Waals surface area contributed by atoms with Crippen molar-refractivity contribution in [3.8, 4) is 0 Å². The maximum atomic E-state index is 11.7. The van der Waals surface area contributed by atoms with Crippen molar-refractivity contribution in [1.29, 1.82) is 0 Å². The molecule has 1 heterocycles. The monoisotopic (exact) mass is 238 g/mol. The summed E-state index contributed by atoms with van der Waals surface area (Å²) in [6, 6.07) is 0.336. The SMILES string of the molecule is Cc1c(C(=O)NN)[n+]([O-])cn1C1CCCCC1. The van der Waals surface area contributed by atoms with Gasteiger partial charge in [0.2, 0.25) is 12.0 Å². The van der Waals surface area contributed by atoms with E-state index >= 15 is 0 Å². The van der Waals surface area contributed by atoms with E-state index in [1.165, 1.54) is 25.6 Å². The van der Waals surface area contributed by atoms with Crippen LogP contribution < -0.4 is 16.0 Å². The molecule has 1 fully saturated rings. The van der Waals surface area contributed by atoms with E-state index in [1.807, 2.05) is 9.99 Å². The van der Waals surface area contributed by atoms with Crippen LogP contribution in [0.25, 0.3) is 0 Å². The number of rotatable bonds is 2. The van der Waals surface area contributed by atoms with Crippen LogP contribution in [-0.2, 0) is 0 Å². The summed E-state index contributed by atoms with van der Waals surface area (Å²) in [7, 11) is 0. The molecule has 2 rings (SSSR count). The number of carbonyl (C=O) groups is 1. The average Bonchev–Trinajstić information content (AvgIpc) is 2.65. The minimum absolute atomic E-state index is 0.0954. The van der Waals surface area contributed by atoms with Gasteiger partial charge in [-0.2, -0.15) is 0 Å². The van der Waals surface area contributed by atoms with Crippen LogP contribution in [-0.4, -0.2) is 10.5 Å². The van der Waals surface area contributed by atoms with E-state index in [2.05, 4.69) is 0 Å². The predicted octanol–water partition coefficient (Wildman–Crippen LogP) is 0.539. The zero-order valence-electron chi connectivity index (χ0n) is 9.98. The standard InChI is InChI=1S/C11H18N4O2/c1-8-10(11(16)13-12)15(17)7-14(8)9-5-3-2-4-6-9/h7,9H,2-6,12H2,1H3,(H,13,16). The number of nitrogen functional groups attached to an aromatic ring is 1. The number of hydrogen-bond donors (Lipinski definition) is 2. The summed E-state index contributed by atoms with van der Waals surface area (Å²) >= 11 is 0. The highest BCUT2D eigenvalue weighted by Crippen LogP contribution is 2.29. The van der Waals surface area contributed by atoms with Crippen molar-refractivity contribution in [2.75, 3.05) is 0 Å². The van der Waals surface area contributed by atoms with Gasteiger partial charge in [0, 0.05) is 6.92 Å². The Morgan fingerprint density at radius 1 is 1.53 bits per heavy atom. The fourth-order valence-corrected chi connectivity index (χ4v) is 2.60. The first-order chi connectivity index (χ1) is 8.15. The highest BCUT2D eigenvalue weighted by Gasteiger charge is 2.28. The number of aromatic nitrogens is 2. The number of nitrogens with two attached hydrogens (primary N) is 1. The molecule has 1 aromatic heterocycles. The van der Waals surface area contributed by atoms with Gasteiger partial charge >= 0.3 is 5.91 Å². The minimum atomic E-state index is -0.535. The Morgan fingerprint density at radius 3 is 2.76 bits per heavy atom. The molecule has 0 saturated heterocycles. The molecule has 6 heteroatoms. The Hall–Kier alpha value is -1.56. The molecule has 0 unspecified atom stereocenters. The summed E-state index contributed by atoms with van der Waals surface area (Å²) in [5.41, 5.74) is 2.79. The van der Waals surface area contributed by atoms with E-state index in [0.717, 1.165) is 12.8 Å². The van der Waals surface area contributed by atoms with Crippen LogP contribution in [0.2, 0.25) is 0 Å². The lowest BCUT2D eigenvalue weighted by Gasteiger charge is -2.19. The molecule has 6 nitrogen and oxygen atoms in total. The summed E-state index contributed by atoms with van der Waals surface area (Å²) in [5, 5.41) is 11.7. The van der Waals surface area contributed by atoms with Crippen LogP contribution in [0, 0.1) is 12.1 Å². The highest BCUT2D eigenvalue weighted by molar-refractivity contribution is 5.91. The molecule has 3 N–H and O–H groups in total. The number of carbonyl (C=O) groups excluding carboxylic acids is 1. The molecule has 0 atom stereocenters. The third kappa shape index (κ3) is 2.12. The third-order valence-corrected chi connectivity index (χ3v) is 3.49. The topological polar surface area (TPSA) is 87.0 Å². The average molecular weight is 238 g/mol. The molecule has 0 bridgehead atoms. The second kappa shape index (κ2) is 4.75. The number of nitrogens with one attached hydrogen (secondary N) is 1. The maximum absolute atomic E-state index is 11.7. The van der Waals surface area contributed by atoms with E-state index in [0.29, 0.717) is 16.5 Å². The van der Waals surface area contributed by atoms with Crippen molar-refractivity contribution in [3.63, 3.8) is 0 Å². The maximum Gasteiger partial charge on any atom is 0.309 e. The molecular weight excluding hydrogens is 220 g/mol. The van der Waals surface area contributed by atoms with Gasteiger partial charge in [0.25, 0.3) is 0 Å². The van der Waals surface area contributed by atoms with E-state index in [1.54, 1.807) is 6.92 Å². The molecular formula is C11H18N4O2. The van der Waals surface area contributed by atoms with E-state index < -0.39 is 5.91 Å². The van der Waals surface area contributed by atoms with Gasteiger partial charge in [0.1, 0.15) is 6.04 Å². The number of hydrazine groups is 1. The second-order valence-corrected chi connectivity index (χ2v) is 4.55. The van der Waals surface area contributed by atoms with Crippen LogP contribution in [0.3, 0.4) is 0 Å². The van der Waals surface area contributed by atoms with Crippen molar-refractivity contribution in [3.05, 3.63) is 22.9 Å². The number of amides is 1. The van der Waals surface area contributed by atoms with E-state index in [4.69, 9.17) is 5.84 Å². The van der Waals surface area contributed by atoms with Gasteiger partial charge in [-0.15, -0.1) is 0 Å². The van der Waals surface area contributed by atoms with Crippen LogP contribution in [0.1, 0.15) is 54.3 Å². The fourth-order valence-electron chi connectivity index (χ4n) is 2.60. The van der Waals surface area contributed by atoms with Crippen LogP contribution in [0.4, 0.5) is 0 Å². The molecule has 1 amide bonds. The highest BCUT2D eigenvalue weighted by atomic mass is 16.5. The molecule has 1 aliphatic carbocycles. The van der Waals surface area contributed by atoms with Gasteiger partial charge in [-0.05, 0) is 25.7 Å². The normalized spacial score (nSPS) is 17.1. The molecule has 1 saturated carbocycles. The van der Waals surface area contributed by atoms with Gasteiger partial charge in [-0.1, -0.05) is 6.42 Å². The molecule has 0 aliphatic heterocycles. The van der Waals surface area contributed by atoms with Crippen molar-refractivity contribution in [2.45, 2.75) is 45.1 Å². The smallest absolute Gasteiger partial charge is 0.309 e. The lowest BCUT2D eigenvalue weighted by atomic mass is 9.95. The third-order valence-electron chi connectivity index (χ3n) is 3.49. The Bertz CT molecular complexity index is 421. The summed E-state index contributed by atoms with van der Waals surface area (Å²) in [6.45, 7) is 1.79.